The largest absolute Gasteiger partial charge is 0.496 e. The second kappa shape index (κ2) is 6.55. The van der Waals surface area contributed by atoms with Gasteiger partial charge in [0.05, 0.1) is 17.3 Å². The van der Waals surface area contributed by atoms with Crippen molar-refractivity contribution in [1.82, 2.24) is 9.97 Å². The van der Waals surface area contributed by atoms with Crippen LogP contribution in [-0.4, -0.2) is 17.1 Å². The first-order chi connectivity index (χ1) is 9.56. The maximum Gasteiger partial charge on any atom is 0.161 e. The lowest BCUT2D eigenvalue weighted by molar-refractivity contribution is 0.412. The molecular formula is C15H16BrClN2O. The van der Waals surface area contributed by atoms with E-state index in [1.807, 2.05) is 25.1 Å². The van der Waals surface area contributed by atoms with Gasteiger partial charge in [0, 0.05) is 5.56 Å². The predicted octanol–water partition coefficient (Wildman–Crippen LogP) is 4.83. The SMILES string of the molecule is CCCc1nc(-c2ccc(OC)c(C)c2)nc(Cl)c1Br. The van der Waals surface area contributed by atoms with Crippen LogP contribution in [0.15, 0.2) is 22.7 Å². The van der Waals surface area contributed by atoms with Crippen molar-refractivity contribution in [2.45, 2.75) is 26.7 Å². The maximum atomic E-state index is 6.18. The first-order valence-corrected chi connectivity index (χ1v) is 7.60. The first kappa shape index (κ1) is 15.3. The summed E-state index contributed by atoms with van der Waals surface area (Å²) in [7, 11) is 1.66. The van der Waals surface area contributed by atoms with E-state index in [4.69, 9.17) is 16.3 Å². The van der Waals surface area contributed by atoms with Gasteiger partial charge in [-0.3, -0.25) is 0 Å². The molecule has 0 aliphatic carbocycles. The minimum atomic E-state index is 0.451. The molecule has 0 amide bonds. The average Bonchev–Trinajstić information content (AvgIpc) is 2.43. The summed E-state index contributed by atoms with van der Waals surface area (Å²) >= 11 is 9.63. The molecule has 1 aromatic carbocycles. The Hall–Kier alpha value is -1.13. The monoisotopic (exact) mass is 354 g/mol. The Kier molecular flexibility index (Phi) is 5.00. The van der Waals surface area contributed by atoms with Gasteiger partial charge in [0.15, 0.2) is 5.82 Å². The van der Waals surface area contributed by atoms with Crippen LogP contribution in [0.25, 0.3) is 11.4 Å². The molecule has 20 heavy (non-hydrogen) atoms. The number of halogens is 2. The summed E-state index contributed by atoms with van der Waals surface area (Å²) in [6.45, 7) is 4.11. The van der Waals surface area contributed by atoms with Gasteiger partial charge in [0.25, 0.3) is 0 Å². The molecule has 106 valence electrons. The zero-order valence-corrected chi connectivity index (χ0v) is 14.0. The molecule has 1 aromatic heterocycles. The van der Waals surface area contributed by atoms with Crippen molar-refractivity contribution in [1.29, 1.82) is 0 Å². The Morgan fingerprint density at radius 3 is 2.65 bits per heavy atom. The molecule has 3 nitrogen and oxygen atoms in total. The lowest BCUT2D eigenvalue weighted by Gasteiger charge is -2.09. The van der Waals surface area contributed by atoms with Gasteiger partial charge >= 0.3 is 0 Å². The van der Waals surface area contributed by atoms with Crippen molar-refractivity contribution in [3.8, 4) is 17.1 Å². The Bertz CT molecular complexity index is 632. The lowest BCUT2D eigenvalue weighted by Crippen LogP contribution is -1.99. The number of aromatic nitrogens is 2. The van der Waals surface area contributed by atoms with Crippen LogP contribution in [0.1, 0.15) is 24.6 Å². The number of methoxy groups -OCH3 is 1. The molecule has 5 heteroatoms. The molecule has 0 radical (unpaired) electrons. The summed E-state index contributed by atoms with van der Waals surface area (Å²) < 4.78 is 6.05. The zero-order valence-electron chi connectivity index (χ0n) is 11.7. The Balaban J connectivity index is 2.49. The molecule has 0 aliphatic rings. The number of benzene rings is 1. The smallest absolute Gasteiger partial charge is 0.161 e. The zero-order chi connectivity index (χ0) is 14.7. The normalized spacial score (nSPS) is 10.7. The van der Waals surface area contributed by atoms with E-state index in [9.17, 15) is 0 Å². The maximum absolute atomic E-state index is 6.18. The van der Waals surface area contributed by atoms with Crippen molar-refractivity contribution in [3.63, 3.8) is 0 Å². The highest BCUT2D eigenvalue weighted by Gasteiger charge is 2.12. The molecule has 0 saturated carbocycles. The molecule has 0 bridgehead atoms. The Morgan fingerprint density at radius 2 is 2.05 bits per heavy atom. The minimum absolute atomic E-state index is 0.451. The van der Waals surface area contributed by atoms with Gasteiger partial charge in [-0.2, -0.15) is 0 Å². The lowest BCUT2D eigenvalue weighted by atomic mass is 10.1. The third-order valence-corrected chi connectivity index (χ3v) is 4.35. The molecule has 0 spiro atoms. The van der Waals surface area contributed by atoms with Crippen molar-refractivity contribution in [2.24, 2.45) is 0 Å². The summed E-state index contributed by atoms with van der Waals surface area (Å²) in [5.74, 6) is 1.50. The molecule has 0 aliphatic heterocycles. The topological polar surface area (TPSA) is 35.0 Å². The highest BCUT2D eigenvalue weighted by molar-refractivity contribution is 9.10. The van der Waals surface area contributed by atoms with Gasteiger partial charge in [0.2, 0.25) is 0 Å². The Morgan fingerprint density at radius 1 is 1.30 bits per heavy atom. The van der Waals surface area contributed by atoms with Gasteiger partial charge in [0.1, 0.15) is 10.9 Å². The van der Waals surface area contributed by atoms with E-state index in [0.717, 1.165) is 39.9 Å². The third-order valence-electron chi connectivity index (χ3n) is 3.02. The third kappa shape index (κ3) is 3.13. The van der Waals surface area contributed by atoms with Gasteiger partial charge < -0.3 is 4.74 Å². The second-order valence-corrected chi connectivity index (χ2v) is 5.68. The van der Waals surface area contributed by atoms with Crippen molar-refractivity contribution in [3.05, 3.63) is 39.1 Å². The molecule has 0 fully saturated rings. The van der Waals surface area contributed by atoms with E-state index >= 15 is 0 Å². The van der Waals surface area contributed by atoms with E-state index in [1.54, 1.807) is 7.11 Å². The van der Waals surface area contributed by atoms with Crippen LogP contribution >= 0.6 is 27.5 Å². The standard InChI is InChI=1S/C15H16BrClN2O/c1-4-5-11-13(16)14(17)19-15(18-11)10-6-7-12(20-3)9(2)8-10/h6-8H,4-5H2,1-3H3. The Labute approximate surface area is 132 Å². The fraction of sp³-hybridized carbons (Fsp3) is 0.333. The van der Waals surface area contributed by atoms with Gasteiger partial charge in [-0.05, 0) is 53.0 Å². The number of aryl methyl sites for hydroxylation is 2. The predicted molar refractivity (Wildman–Crippen MR) is 85.5 cm³/mol. The number of nitrogens with zero attached hydrogens (tertiary/aromatic N) is 2. The highest BCUT2D eigenvalue weighted by Crippen LogP contribution is 2.29. The fourth-order valence-electron chi connectivity index (χ4n) is 2.01. The number of ether oxygens (including phenoxy) is 1. The van der Waals surface area contributed by atoms with Gasteiger partial charge in [-0.15, -0.1) is 0 Å². The van der Waals surface area contributed by atoms with Crippen molar-refractivity contribution in [2.75, 3.05) is 7.11 Å². The highest BCUT2D eigenvalue weighted by atomic mass is 79.9. The van der Waals surface area contributed by atoms with E-state index in [2.05, 4.69) is 32.8 Å². The van der Waals surface area contributed by atoms with Gasteiger partial charge in [-0.1, -0.05) is 24.9 Å². The van der Waals surface area contributed by atoms with Crippen LogP contribution in [0, 0.1) is 6.92 Å². The number of rotatable bonds is 4. The van der Waals surface area contributed by atoms with Crippen LogP contribution in [0.2, 0.25) is 5.15 Å². The molecule has 1 heterocycles. The summed E-state index contributed by atoms with van der Waals surface area (Å²) in [5.41, 5.74) is 2.93. The van der Waals surface area contributed by atoms with Crippen molar-refractivity contribution < 1.29 is 4.74 Å². The number of hydrogen-bond donors (Lipinski definition) is 0. The summed E-state index contributed by atoms with van der Waals surface area (Å²) in [5, 5.41) is 0.451. The molecule has 2 aromatic rings. The first-order valence-electron chi connectivity index (χ1n) is 6.43. The molecule has 0 N–H and O–H groups in total. The van der Waals surface area contributed by atoms with E-state index in [-0.39, 0.29) is 0 Å². The second-order valence-electron chi connectivity index (χ2n) is 4.53. The molecule has 0 unspecified atom stereocenters. The summed E-state index contributed by atoms with van der Waals surface area (Å²) in [4.78, 5) is 8.96. The molecule has 2 rings (SSSR count). The van der Waals surface area contributed by atoms with Gasteiger partial charge in [-0.25, -0.2) is 9.97 Å². The van der Waals surface area contributed by atoms with E-state index in [1.165, 1.54) is 0 Å². The van der Waals surface area contributed by atoms with E-state index in [0.29, 0.717) is 11.0 Å². The van der Waals surface area contributed by atoms with Crippen LogP contribution in [0.4, 0.5) is 0 Å². The van der Waals surface area contributed by atoms with Crippen LogP contribution in [0.3, 0.4) is 0 Å². The van der Waals surface area contributed by atoms with E-state index < -0.39 is 0 Å². The van der Waals surface area contributed by atoms with Crippen LogP contribution in [0.5, 0.6) is 5.75 Å². The minimum Gasteiger partial charge on any atom is -0.496 e. The van der Waals surface area contributed by atoms with Crippen LogP contribution in [-0.2, 0) is 6.42 Å². The molecule has 0 saturated heterocycles. The van der Waals surface area contributed by atoms with Crippen LogP contribution < -0.4 is 4.74 Å². The molecular weight excluding hydrogens is 340 g/mol. The molecule has 0 atom stereocenters. The van der Waals surface area contributed by atoms with Crippen molar-refractivity contribution >= 4 is 27.5 Å². The summed E-state index contributed by atoms with van der Waals surface area (Å²) in [6.07, 6.45) is 1.87. The number of hydrogen-bond acceptors (Lipinski definition) is 3. The average molecular weight is 356 g/mol. The summed E-state index contributed by atoms with van der Waals surface area (Å²) in [6, 6.07) is 5.87. The quantitative estimate of drug-likeness (QED) is 0.737. The fourth-order valence-corrected chi connectivity index (χ4v) is 2.58.